The molecule has 0 aliphatic heterocycles. The molecule has 0 bridgehead atoms. The molecular weight excluding hydrogens is 300 g/mol. The molecule has 2 aromatic rings. The van der Waals surface area contributed by atoms with Gasteiger partial charge in [0.05, 0.1) is 19.2 Å². The maximum absolute atomic E-state index is 12.3. The number of nitrogens with one attached hydrogen (secondary N) is 1. The summed E-state index contributed by atoms with van der Waals surface area (Å²) in [6, 6.07) is 5.28. The van der Waals surface area contributed by atoms with E-state index in [1.165, 1.54) is 14.2 Å². The van der Waals surface area contributed by atoms with Crippen LogP contribution in [0.25, 0.3) is 0 Å². The smallest absolute Gasteiger partial charge is 0.258 e. The molecule has 2 rings (SSSR count). The lowest BCUT2D eigenvalue weighted by atomic mass is 10.1. The number of nitrogens with zero attached hydrogens (tertiary/aromatic N) is 1. The quantitative estimate of drug-likeness (QED) is 0.797. The van der Waals surface area contributed by atoms with Crippen LogP contribution in [0.5, 0.6) is 11.5 Å². The highest BCUT2D eigenvalue weighted by molar-refractivity contribution is 7.09. The van der Waals surface area contributed by atoms with Crippen LogP contribution in [0.15, 0.2) is 23.6 Å². The van der Waals surface area contributed by atoms with Crippen molar-refractivity contribution >= 4 is 17.2 Å². The van der Waals surface area contributed by atoms with Crippen LogP contribution in [0.4, 0.5) is 0 Å². The number of amides is 1. The molecule has 0 radical (unpaired) electrons. The standard InChI is InChI=1S/C16H20N2O3S/c1-11-10-22-14(18-11)8-5-9-17-16(19)15-12(20-2)6-4-7-13(15)21-3/h4,6-7,10H,5,8-9H2,1-3H3,(H,17,19). The Balaban J connectivity index is 1.92. The van der Waals surface area contributed by atoms with Gasteiger partial charge in [-0.3, -0.25) is 4.79 Å². The number of aromatic nitrogens is 1. The lowest BCUT2D eigenvalue weighted by molar-refractivity contribution is 0.0947. The molecule has 1 heterocycles. The van der Waals surface area contributed by atoms with Crippen LogP contribution in [0.3, 0.4) is 0 Å². The molecule has 0 unspecified atom stereocenters. The zero-order chi connectivity index (χ0) is 15.9. The molecule has 0 atom stereocenters. The van der Waals surface area contributed by atoms with E-state index in [9.17, 15) is 4.79 Å². The van der Waals surface area contributed by atoms with E-state index < -0.39 is 0 Å². The van der Waals surface area contributed by atoms with Gasteiger partial charge in [0.2, 0.25) is 0 Å². The second kappa shape index (κ2) is 7.79. The van der Waals surface area contributed by atoms with Crippen molar-refractivity contribution in [2.24, 2.45) is 0 Å². The Labute approximate surface area is 134 Å². The Bertz CT molecular complexity index is 618. The lowest BCUT2D eigenvalue weighted by Gasteiger charge is -2.12. The minimum absolute atomic E-state index is 0.190. The predicted molar refractivity (Wildman–Crippen MR) is 87.1 cm³/mol. The molecule has 118 valence electrons. The number of methoxy groups -OCH3 is 2. The first kappa shape index (κ1) is 16.3. The Morgan fingerprint density at radius 1 is 1.27 bits per heavy atom. The number of carbonyl (C=O) groups is 1. The zero-order valence-corrected chi connectivity index (χ0v) is 13.8. The van der Waals surface area contributed by atoms with Gasteiger partial charge in [0.25, 0.3) is 5.91 Å². The Morgan fingerprint density at radius 2 is 1.95 bits per heavy atom. The van der Waals surface area contributed by atoms with Crippen LogP contribution in [-0.4, -0.2) is 31.7 Å². The van der Waals surface area contributed by atoms with Crippen LogP contribution in [0.2, 0.25) is 0 Å². The van der Waals surface area contributed by atoms with Gasteiger partial charge in [-0.25, -0.2) is 4.98 Å². The van der Waals surface area contributed by atoms with Crippen LogP contribution in [0.1, 0.15) is 27.5 Å². The first-order chi connectivity index (χ1) is 10.7. The summed E-state index contributed by atoms with van der Waals surface area (Å²) in [4.78, 5) is 16.7. The van der Waals surface area contributed by atoms with Gasteiger partial charge >= 0.3 is 0 Å². The second-order valence-corrected chi connectivity index (χ2v) is 5.72. The number of benzene rings is 1. The summed E-state index contributed by atoms with van der Waals surface area (Å²) in [6.45, 7) is 2.56. The maximum atomic E-state index is 12.3. The Hall–Kier alpha value is -2.08. The molecule has 1 aromatic heterocycles. The van der Waals surface area contributed by atoms with Crippen LogP contribution < -0.4 is 14.8 Å². The minimum Gasteiger partial charge on any atom is -0.496 e. The Morgan fingerprint density at radius 3 is 2.50 bits per heavy atom. The fourth-order valence-electron chi connectivity index (χ4n) is 2.12. The lowest BCUT2D eigenvalue weighted by Crippen LogP contribution is -2.25. The van der Waals surface area contributed by atoms with Crippen molar-refractivity contribution in [2.45, 2.75) is 19.8 Å². The van der Waals surface area contributed by atoms with Crippen LogP contribution >= 0.6 is 11.3 Å². The number of thiazole rings is 1. The summed E-state index contributed by atoms with van der Waals surface area (Å²) in [5, 5.41) is 6.04. The molecule has 0 aliphatic rings. The van der Waals surface area contributed by atoms with Crippen molar-refractivity contribution in [2.75, 3.05) is 20.8 Å². The average Bonchev–Trinajstić information content (AvgIpc) is 2.95. The highest BCUT2D eigenvalue weighted by Gasteiger charge is 2.17. The fraction of sp³-hybridized carbons (Fsp3) is 0.375. The Kier molecular flexibility index (Phi) is 5.77. The van der Waals surface area contributed by atoms with Crippen molar-refractivity contribution in [3.05, 3.63) is 39.8 Å². The van der Waals surface area contributed by atoms with E-state index in [1.54, 1.807) is 29.5 Å². The van der Waals surface area contributed by atoms with Crippen molar-refractivity contribution < 1.29 is 14.3 Å². The number of aryl methyl sites for hydroxylation is 2. The van der Waals surface area contributed by atoms with Gasteiger partial charge in [-0.1, -0.05) is 6.07 Å². The van der Waals surface area contributed by atoms with Crippen molar-refractivity contribution in [3.63, 3.8) is 0 Å². The van der Waals surface area contributed by atoms with Crippen molar-refractivity contribution in [1.82, 2.24) is 10.3 Å². The average molecular weight is 320 g/mol. The molecule has 0 spiro atoms. The molecule has 6 heteroatoms. The van der Waals surface area contributed by atoms with E-state index in [-0.39, 0.29) is 5.91 Å². The third kappa shape index (κ3) is 3.98. The predicted octanol–water partition coefficient (Wildman–Crippen LogP) is 2.83. The van der Waals surface area contributed by atoms with Crippen molar-refractivity contribution in [3.8, 4) is 11.5 Å². The summed E-state index contributed by atoms with van der Waals surface area (Å²) in [6.07, 6.45) is 1.71. The highest BCUT2D eigenvalue weighted by atomic mass is 32.1. The van der Waals surface area contributed by atoms with Gasteiger partial charge in [-0.05, 0) is 25.5 Å². The molecule has 1 amide bonds. The molecule has 22 heavy (non-hydrogen) atoms. The highest BCUT2D eigenvalue weighted by Crippen LogP contribution is 2.27. The van der Waals surface area contributed by atoms with Gasteiger partial charge in [-0.2, -0.15) is 0 Å². The minimum atomic E-state index is -0.190. The SMILES string of the molecule is COc1cccc(OC)c1C(=O)NCCCc1nc(C)cs1. The van der Waals surface area contributed by atoms with Gasteiger partial charge in [0.1, 0.15) is 17.1 Å². The third-order valence-electron chi connectivity index (χ3n) is 3.17. The molecule has 0 saturated carbocycles. The summed E-state index contributed by atoms with van der Waals surface area (Å²) in [7, 11) is 3.08. The molecule has 0 aliphatic carbocycles. The van der Waals surface area contributed by atoms with E-state index >= 15 is 0 Å². The van der Waals surface area contributed by atoms with E-state index in [0.717, 1.165) is 23.5 Å². The topological polar surface area (TPSA) is 60.5 Å². The monoisotopic (exact) mass is 320 g/mol. The van der Waals surface area contributed by atoms with Crippen molar-refractivity contribution in [1.29, 1.82) is 0 Å². The number of carbonyl (C=O) groups excluding carboxylic acids is 1. The van der Waals surface area contributed by atoms with Gasteiger partial charge in [0.15, 0.2) is 0 Å². The first-order valence-corrected chi connectivity index (χ1v) is 7.94. The third-order valence-corrected chi connectivity index (χ3v) is 4.20. The maximum Gasteiger partial charge on any atom is 0.258 e. The van der Waals surface area contributed by atoms with E-state index in [4.69, 9.17) is 9.47 Å². The molecule has 1 aromatic carbocycles. The number of ether oxygens (including phenoxy) is 2. The summed E-state index contributed by atoms with van der Waals surface area (Å²) in [5.74, 6) is 0.824. The number of rotatable bonds is 7. The fourth-order valence-corrected chi connectivity index (χ4v) is 2.94. The summed E-state index contributed by atoms with van der Waals surface area (Å²) < 4.78 is 10.5. The van der Waals surface area contributed by atoms with E-state index in [1.807, 2.05) is 12.3 Å². The van der Waals surface area contributed by atoms with Gasteiger partial charge in [0, 0.05) is 24.0 Å². The normalized spacial score (nSPS) is 10.3. The second-order valence-electron chi connectivity index (χ2n) is 4.78. The number of hydrogen-bond acceptors (Lipinski definition) is 5. The zero-order valence-electron chi connectivity index (χ0n) is 13.0. The van der Waals surface area contributed by atoms with Gasteiger partial charge in [-0.15, -0.1) is 11.3 Å². The molecule has 5 nitrogen and oxygen atoms in total. The largest absolute Gasteiger partial charge is 0.496 e. The summed E-state index contributed by atoms with van der Waals surface area (Å²) in [5.41, 5.74) is 1.47. The van der Waals surface area contributed by atoms with Gasteiger partial charge < -0.3 is 14.8 Å². The van der Waals surface area contributed by atoms with E-state index in [2.05, 4.69) is 10.3 Å². The molecule has 1 N–H and O–H groups in total. The van der Waals surface area contributed by atoms with Crippen LogP contribution in [-0.2, 0) is 6.42 Å². The molecular formula is C16H20N2O3S. The molecule has 0 fully saturated rings. The molecule has 0 saturated heterocycles. The summed E-state index contributed by atoms with van der Waals surface area (Å²) >= 11 is 1.65. The first-order valence-electron chi connectivity index (χ1n) is 7.06. The van der Waals surface area contributed by atoms with E-state index in [0.29, 0.717) is 23.6 Å². The van der Waals surface area contributed by atoms with Crippen LogP contribution in [0, 0.1) is 6.92 Å². The number of hydrogen-bond donors (Lipinski definition) is 1.